The zero-order valence-corrected chi connectivity index (χ0v) is 10.9. The summed E-state index contributed by atoms with van der Waals surface area (Å²) in [6.07, 6.45) is 2.72. The van der Waals surface area contributed by atoms with Crippen LogP contribution in [-0.4, -0.2) is 16.0 Å². The zero-order valence-electron chi connectivity index (χ0n) is 10.9. The highest BCUT2D eigenvalue weighted by molar-refractivity contribution is 5.94. The number of hydrogen-bond donors (Lipinski definition) is 2. The quantitative estimate of drug-likeness (QED) is 0.887. The summed E-state index contributed by atoms with van der Waals surface area (Å²) in [5.74, 6) is -0.271. The number of rotatable bonds is 3. The molecule has 0 aliphatic carbocycles. The number of aryl methyl sites for hydroxylation is 1. The maximum Gasteiger partial charge on any atom is 0.253 e. The molecule has 2 N–H and O–H groups in total. The summed E-state index contributed by atoms with van der Waals surface area (Å²) in [7, 11) is 0. The topological polar surface area (TPSA) is 62.2 Å². The molecule has 1 unspecified atom stereocenters. The van der Waals surface area contributed by atoms with Gasteiger partial charge >= 0.3 is 0 Å². The van der Waals surface area contributed by atoms with E-state index >= 15 is 0 Å². The van der Waals surface area contributed by atoms with Gasteiger partial charge in [0, 0.05) is 6.20 Å². The average Bonchev–Trinajstić information content (AvgIpc) is 2.39. The van der Waals surface area contributed by atoms with Gasteiger partial charge in [-0.1, -0.05) is 29.8 Å². The Bertz CT molecular complexity index is 579. The summed E-state index contributed by atoms with van der Waals surface area (Å²) >= 11 is 0. The van der Waals surface area contributed by atoms with Gasteiger partial charge in [-0.3, -0.25) is 9.78 Å². The van der Waals surface area contributed by atoms with Crippen LogP contribution in [0.4, 0.5) is 0 Å². The molecule has 0 bridgehead atoms. The number of aromatic nitrogens is 1. The molecule has 0 fully saturated rings. The third-order valence-electron chi connectivity index (χ3n) is 2.91. The number of aromatic hydroxyl groups is 1. The van der Waals surface area contributed by atoms with Crippen LogP contribution < -0.4 is 5.32 Å². The fourth-order valence-corrected chi connectivity index (χ4v) is 1.77. The van der Waals surface area contributed by atoms with Crippen LogP contribution in [0.25, 0.3) is 0 Å². The Morgan fingerprint density at radius 2 is 1.95 bits per heavy atom. The van der Waals surface area contributed by atoms with Crippen LogP contribution in [0.15, 0.2) is 42.7 Å². The van der Waals surface area contributed by atoms with E-state index in [0.29, 0.717) is 5.56 Å². The van der Waals surface area contributed by atoms with Crippen molar-refractivity contribution in [1.82, 2.24) is 10.3 Å². The zero-order chi connectivity index (χ0) is 13.8. The molecule has 0 saturated heterocycles. The summed E-state index contributed by atoms with van der Waals surface area (Å²) in [5.41, 5.74) is 2.56. The van der Waals surface area contributed by atoms with Gasteiger partial charge in [-0.25, -0.2) is 0 Å². The minimum atomic E-state index is -0.253. The predicted molar refractivity (Wildman–Crippen MR) is 73.0 cm³/mol. The fraction of sp³-hybridized carbons (Fsp3) is 0.200. The lowest BCUT2D eigenvalue weighted by Crippen LogP contribution is -2.26. The Morgan fingerprint density at radius 1 is 1.26 bits per heavy atom. The lowest BCUT2D eigenvalue weighted by molar-refractivity contribution is 0.0939. The second-order valence-electron chi connectivity index (χ2n) is 4.54. The van der Waals surface area contributed by atoms with Crippen molar-refractivity contribution in [3.8, 4) is 5.75 Å². The first-order valence-corrected chi connectivity index (χ1v) is 6.07. The van der Waals surface area contributed by atoms with Gasteiger partial charge in [0.25, 0.3) is 5.91 Å². The van der Waals surface area contributed by atoms with Crippen LogP contribution >= 0.6 is 0 Å². The van der Waals surface area contributed by atoms with Gasteiger partial charge in [-0.05, 0) is 25.5 Å². The maximum atomic E-state index is 12.0. The summed E-state index contributed by atoms with van der Waals surface area (Å²) in [6.45, 7) is 3.93. The second kappa shape index (κ2) is 5.52. The van der Waals surface area contributed by atoms with Gasteiger partial charge in [0.15, 0.2) is 0 Å². The van der Waals surface area contributed by atoms with Gasteiger partial charge in [-0.15, -0.1) is 0 Å². The monoisotopic (exact) mass is 256 g/mol. The van der Waals surface area contributed by atoms with Gasteiger partial charge in [-0.2, -0.15) is 0 Å². The van der Waals surface area contributed by atoms with Crippen molar-refractivity contribution in [3.05, 3.63) is 59.4 Å². The van der Waals surface area contributed by atoms with E-state index in [4.69, 9.17) is 0 Å². The van der Waals surface area contributed by atoms with E-state index in [-0.39, 0.29) is 17.7 Å². The van der Waals surface area contributed by atoms with Crippen molar-refractivity contribution in [2.24, 2.45) is 0 Å². The molecule has 2 aromatic rings. The van der Waals surface area contributed by atoms with Crippen molar-refractivity contribution in [1.29, 1.82) is 0 Å². The van der Waals surface area contributed by atoms with Gasteiger partial charge in [0.1, 0.15) is 5.75 Å². The van der Waals surface area contributed by atoms with Gasteiger partial charge < -0.3 is 10.4 Å². The Labute approximate surface area is 112 Å². The Morgan fingerprint density at radius 3 is 2.58 bits per heavy atom. The van der Waals surface area contributed by atoms with Crippen LogP contribution in [0.1, 0.15) is 34.5 Å². The molecule has 0 aliphatic rings. The highest BCUT2D eigenvalue weighted by atomic mass is 16.3. The number of nitrogens with one attached hydrogen (secondary N) is 1. The summed E-state index contributed by atoms with van der Waals surface area (Å²) in [6, 6.07) is 9.28. The van der Waals surface area contributed by atoms with E-state index in [1.165, 1.54) is 24.0 Å². The molecule has 1 heterocycles. The van der Waals surface area contributed by atoms with Crippen molar-refractivity contribution >= 4 is 5.91 Å². The van der Waals surface area contributed by atoms with Crippen molar-refractivity contribution in [2.75, 3.05) is 0 Å². The van der Waals surface area contributed by atoms with Crippen LogP contribution in [0, 0.1) is 6.92 Å². The van der Waals surface area contributed by atoms with E-state index in [1.807, 2.05) is 38.1 Å². The highest BCUT2D eigenvalue weighted by Gasteiger charge is 2.12. The SMILES string of the molecule is Cc1ccc(C(C)NC(=O)c2cncc(O)c2)cc1. The smallest absolute Gasteiger partial charge is 0.253 e. The number of amides is 1. The first-order chi connectivity index (χ1) is 9.06. The molecule has 0 spiro atoms. The molecule has 0 aliphatic heterocycles. The first-order valence-electron chi connectivity index (χ1n) is 6.07. The Kier molecular flexibility index (Phi) is 3.80. The molecule has 98 valence electrons. The molecule has 19 heavy (non-hydrogen) atoms. The fourth-order valence-electron chi connectivity index (χ4n) is 1.77. The van der Waals surface area contributed by atoms with Crippen LogP contribution in [0.3, 0.4) is 0 Å². The molecular formula is C15H16N2O2. The van der Waals surface area contributed by atoms with Crippen LogP contribution in [0.2, 0.25) is 0 Å². The molecule has 4 heteroatoms. The minimum absolute atomic E-state index is 0.0179. The molecule has 1 aromatic heterocycles. The number of carbonyl (C=O) groups is 1. The molecule has 4 nitrogen and oxygen atoms in total. The normalized spacial score (nSPS) is 11.9. The molecule has 1 aromatic carbocycles. The Balaban J connectivity index is 2.08. The van der Waals surface area contributed by atoms with Crippen LogP contribution in [-0.2, 0) is 0 Å². The highest BCUT2D eigenvalue weighted by Crippen LogP contribution is 2.15. The molecule has 1 amide bonds. The number of hydrogen-bond acceptors (Lipinski definition) is 3. The van der Waals surface area contributed by atoms with Crippen molar-refractivity contribution in [2.45, 2.75) is 19.9 Å². The minimum Gasteiger partial charge on any atom is -0.506 e. The largest absolute Gasteiger partial charge is 0.506 e. The molecule has 1 atom stereocenters. The molecule has 2 rings (SSSR count). The Hall–Kier alpha value is -2.36. The third kappa shape index (κ3) is 3.31. The number of carbonyl (C=O) groups excluding carboxylic acids is 1. The van der Waals surface area contributed by atoms with E-state index in [1.54, 1.807) is 0 Å². The first kappa shape index (κ1) is 13.1. The predicted octanol–water partition coefficient (Wildman–Crippen LogP) is 2.59. The maximum absolute atomic E-state index is 12.0. The number of nitrogens with zero attached hydrogens (tertiary/aromatic N) is 1. The average molecular weight is 256 g/mol. The van der Waals surface area contributed by atoms with Gasteiger partial charge in [0.2, 0.25) is 0 Å². The third-order valence-corrected chi connectivity index (χ3v) is 2.91. The lowest BCUT2D eigenvalue weighted by atomic mass is 10.1. The summed E-state index contributed by atoms with van der Waals surface area (Å²) in [5, 5.41) is 12.2. The molecule has 0 saturated carbocycles. The molecule has 0 radical (unpaired) electrons. The standard InChI is InChI=1S/C15H16N2O2/c1-10-3-5-12(6-4-10)11(2)17-15(19)13-7-14(18)9-16-8-13/h3-9,11,18H,1-2H3,(H,17,19). The van der Waals surface area contributed by atoms with Gasteiger partial charge in [0.05, 0.1) is 17.8 Å². The van der Waals surface area contributed by atoms with Crippen molar-refractivity contribution < 1.29 is 9.90 Å². The molecular weight excluding hydrogens is 240 g/mol. The van der Waals surface area contributed by atoms with E-state index in [9.17, 15) is 9.90 Å². The van der Waals surface area contributed by atoms with E-state index in [0.717, 1.165) is 5.56 Å². The lowest BCUT2D eigenvalue weighted by Gasteiger charge is -2.14. The van der Waals surface area contributed by atoms with E-state index < -0.39 is 0 Å². The second-order valence-corrected chi connectivity index (χ2v) is 4.54. The van der Waals surface area contributed by atoms with Crippen molar-refractivity contribution in [3.63, 3.8) is 0 Å². The number of benzene rings is 1. The summed E-state index contributed by atoms with van der Waals surface area (Å²) in [4.78, 5) is 15.8. The van der Waals surface area contributed by atoms with E-state index in [2.05, 4.69) is 10.3 Å². The summed E-state index contributed by atoms with van der Waals surface area (Å²) < 4.78 is 0. The van der Waals surface area contributed by atoms with Crippen LogP contribution in [0.5, 0.6) is 5.75 Å². The number of pyridine rings is 1.